The van der Waals surface area contributed by atoms with Crippen molar-refractivity contribution in [1.82, 2.24) is 5.32 Å². The van der Waals surface area contributed by atoms with E-state index in [0.29, 0.717) is 11.3 Å². The van der Waals surface area contributed by atoms with Crippen molar-refractivity contribution in [3.63, 3.8) is 0 Å². The molecule has 1 unspecified atom stereocenters. The van der Waals surface area contributed by atoms with Crippen LogP contribution in [0.3, 0.4) is 0 Å². The van der Waals surface area contributed by atoms with Gasteiger partial charge < -0.3 is 21.3 Å². The predicted molar refractivity (Wildman–Crippen MR) is 65.6 cm³/mol. The lowest BCUT2D eigenvalue weighted by atomic mass is 10.0. The molecule has 17 heavy (non-hydrogen) atoms. The molecule has 0 fully saturated rings. The molecule has 1 atom stereocenters. The van der Waals surface area contributed by atoms with Crippen molar-refractivity contribution in [1.29, 1.82) is 0 Å². The van der Waals surface area contributed by atoms with Gasteiger partial charge in [0.1, 0.15) is 5.60 Å². The molecule has 1 amide bonds. The Balaban J connectivity index is 2.78. The second kappa shape index (κ2) is 5.16. The van der Waals surface area contributed by atoms with Crippen LogP contribution in [0.25, 0.3) is 0 Å². The molecule has 0 aliphatic rings. The van der Waals surface area contributed by atoms with E-state index in [2.05, 4.69) is 5.32 Å². The summed E-state index contributed by atoms with van der Waals surface area (Å²) in [6, 6.07) is 5.20. The first-order valence-corrected chi connectivity index (χ1v) is 5.34. The quantitative estimate of drug-likeness (QED) is 0.557. The number of benzene rings is 1. The maximum atomic E-state index is 11.9. The minimum absolute atomic E-state index is 0.0316. The van der Waals surface area contributed by atoms with Crippen LogP contribution in [0.2, 0.25) is 0 Å². The van der Waals surface area contributed by atoms with Crippen LogP contribution in [0.1, 0.15) is 22.8 Å². The van der Waals surface area contributed by atoms with Crippen LogP contribution < -0.4 is 11.1 Å². The fourth-order valence-electron chi connectivity index (χ4n) is 1.42. The summed E-state index contributed by atoms with van der Waals surface area (Å²) in [5.74, 6) is -0.352. The molecule has 0 spiro atoms. The molecule has 0 saturated heterocycles. The number of carbonyl (C=O) groups is 1. The number of aliphatic hydroxyl groups excluding tert-OH is 1. The summed E-state index contributed by atoms with van der Waals surface area (Å²) in [6.45, 7) is 2.77. The fraction of sp³-hybridized carbons (Fsp3) is 0.417. The van der Waals surface area contributed by atoms with Gasteiger partial charge in [-0.3, -0.25) is 4.79 Å². The molecular weight excluding hydrogens is 220 g/mol. The van der Waals surface area contributed by atoms with Crippen LogP contribution >= 0.6 is 0 Å². The van der Waals surface area contributed by atoms with Crippen molar-refractivity contribution >= 4 is 11.6 Å². The Morgan fingerprint density at radius 1 is 1.53 bits per heavy atom. The minimum atomic E-state index is -1.33. The molecule has 0 bridgehead atoms. The molecule has 0 aromatic heterocycles. The van der Waals surface area contributed by atoms with Crippen LogP contribution in [0.15, 0.2) is 18.2 Å². The standard InChI is InChI=1S/C12H18N2O3/c1-8-4-3-5-9(13)10(8)11(16)14-6-12(2,17)7-15/h3-5,15,17H,6-7,13H2,1-2H3,(H,14,16). The van der Waals surface area contributed by atoms with Crippen molar-refractivity contribution in [3.8, 4) is 0 Å². The largest absolute Gasteiger partial charge is 0.398 e. The van der Waals surface area contributed by atoms with Crippen molar-refractivity contribution in [2.75, 3.05) is 18.9 Å². The second-order valence-electron chi connectivity index (χ2n) is 4.38. The van der Waals surface area contributed by atoms with E-state index in [1.807, 2.05) is 0 Å². The molecule has 5 N–H and O–H groups in total. The third-order valence-corrected chi connectivity index (χ3v) is 2.50. The van der Waals surface area contributed by atoms with E-state index in [4.69, 9.17) is 10.8 Å². The number of rotatable bonds is 4. The van der Waals surface area contributed by atoms with Crippen molar-refractivity contribution in [2.45, 2.75) is 19.4 Å². The highest BCUT2D eigenvalue weighted by atomic mass is 16.3. The Kier molecular flexibility index (Phi) is 4.09. The van der Waals surface area contributed by atoms with Crippen LogP contribution in [0.5, 0.6) is 0 Å². The highest BCUT2D eigenvalue weighted by Crippen LogP contribution is 2.16. The van der Waals surface area contributed by atoms with Gasteiger partial charge in [0, 0.05) is 12.2 Å². The topological polar surface area (TPSA) is 95.6 Å². The third-order valence-electron chi connectivity index (χ3n) is 2.50. The van der Waals surface area contributed by atoms with Gasteiger partial charge in [0.05, 0.1) is 12.2 Å². The van der Waals surface area contributed by atoms with Crippen molar-refractivity contribution in [2.24, 2.45) is 0 Å². The molecule has 0 saturated carbocycles. The molecule has 1 aromatic carbocycles. The van der Waals surface area contributed by atoms with E-state index in [0.717, 1.165) is 5.56 Å². The number of carbonyl (C=O) groups excluding carboxylic acids is 1. The average Bonchev–Trinajstić information content (AvgIpc) is 2.26. The first-order chi connectivity index (χ1) is 7.87. The van der Waals surface area contributed by atoms with E-state index >= 15 is 0 Å². The number of nitrogens with two attached hydrogens (primary N) is 1. The summed E-state index contributed by atoms with van der Waals surface area (Å²) in [5, 5.41) is 21.0. The SMILES string of the molecule is Cc1cccc(N)c1C(=O)NCC(C)(O)CO. The molecule has 5 nitrogen and oxygen atoms in total. The van der Waals surface area contributed by atoms with Gasteiger partial charge in [0.2, 0.25) is 0 Å². The Labute approximate surface area is 100 Å². The molecule has 0 heterocycles. The van der Waals surface area contributed by atoms with E-state index in [9.17, 15) is 9.90 Å². The lowest BCUT2D eigenvalue weighted by Gasteiger charge is -2.21. The summed E-state index contributed by atoms with van der Waals surface area (Å²) < 4.78 is 0. The second-order valence-corrected chi connectivity index (χ2v) is 4.38. The number of nitrogens with one attached hydrogen (secondary N) is 1. The molecular formula is C12H18N2O3. The lowest BCUT2D eigenvalue weighted by molar-refractivity contribution is 0.00320. The van der Waals surface area contributed by atoms with Gasteiger partial charge in [0.15, 0.2) is 0 Å². The molecule has 94 valence electrons. The third kappa shape index (κ3) is 3.44. The zero-order valence-corrected chi connectivity index (χ0v) is 10.0. The van der Waals surface area contributed by atoms with E-state index < -0.39 is 12.2 Å². The highest BCUT2D eigenvalue weighted by Gasteiger charge is 2.21. The van der Waals surface area contributed by atoms with Gasteiger partial charge in [0.25, 0.3) is 5.91 Å². The predicted octanol–water partition coefficient (Wildman–Crippen LogP) is 0.0503. The number of anilines is 1. The van der Waals surface area contributed by atoms with Crippen molar-refractivity contribution in [3.05, 3.63) is 29.3 Å². The zero-order valence-electron chi connectivity index (χ0n) is 10.0. The van der Waals surface area contributed by atoms with E-state index in [1.54, 1.807) is 25.1 Å². The minimum Gasteiger partial charge on any atom is -0.398 e. The zero-order chi connectivity index (χ0) is 13.1. The van der Waals surface area contributed by atoms with Crippen LogP contribution in [-0.4, -0.2) is 34.9 Å². The number of nitrogen functional groups attached to an aromatic ring is 1. The van der Waals surface area contributed by atoms with Crippen LogP contribution in [0.4, 0.5) is 5.69 Å². The van der Waals surface area contributed by atoms with Gasteiger partial charge in [-0.2, -0.15) is 0 Å². The van der Waals surface area contributed by atoms with Crippen LogP contribution in [-0.2, 0) is 0 Å². The summed E-state index contributed by atoms with van der Waals surface area (Å²) in [7, 11) is 0. The van der Waals surface area contributed by atoms with Crippen LogP contribution in [0, 0.1) is 6.92 Å². The van der Waals surface area contributed by atoms with Gasteiger partial charge in [-0.05, 0) is 25.5 Å². The first-order valence-electron chi connectivity index (χ1n) is 5.34. The Bertz CT molecular complexity index is 396. The number of aliphatic hydroxyl groups is 2. The van der Waals surface area contributed by atoms with E-state index in [-0.39, 0.29) is 12.5 Å². The van der Waals surface area contributed by atoms with Gasteiger partial charge in [-0.1, -0.05) is 12.1 Å². The summed E-state index contributed by atoms with van der Waals surface area (Å²) in [6.07, 6.45) is 0. The molecule has 5 heteroatoms. The Morgan fingerprint density at radius 2 is 2.18 bits per heavy atom. The van der Waals surface area contributed by atoms with Gasteiger partial charge >= 0.3 is 0 Å². The summed E-state index contributed by atoms with van der Waals surface area (Å²) >= 11 is 0. The maximum absolute atomic E-state index is 11.9. The first kappa shape index (κ1) is 13.5. The number of amides is 1. The highest BCUT2D eigenvalue weighted by molar-refractivity contribution is 6.00. The smallest absolute Gasteiger partial charge is 0.253 e. The molecule has 1 aromatic rings. The average molecular weight is 238 g/mol. The van der Waals surface area contributed by atoms with Gasteiger partial charge in [-0.15, -0.1) is 0 Å². The molecule has 1 rings (SSSR count). The number of hydrogen-bond donors (Lipinski definition) is 4. The fourth-order valence-corrected chi connectivity index (χ4v) is 1.42. The van der Waals surface area contributed by atoms with Crippen molar-refractivity contribution < 1.29 is 15.0 Å². The number of hydrogen-bond acceptors (Lipinski definition) is 4. The summed E-state index contributed by atoms with van der Waals surface area (Å²) in [4.78, 5) is 11.9. The monoisotopic (exact) mass is 238 g/mol. The Morgan fingerprint density at radius 3 is 2.71 bits per heavy atom. The summed E-state index contributed by atoms with van der Waals surface area (Å²) in [5.41, 5.74) is 5.96. The maximum Gasteiger partial charge on any atom is 0.253 e. The molecule has 0 aliphatic heterocycles. The molecule has 0 radical (unpaired) electrons. The Hall–Kier alpha value is -1.59. The number of aryl methyl sites for hydroxylation is 1. The molecule has 0 aliphatic carbocycles. The lowest BCUT2D eigenvalue weighted by Crippen LogP contribution is -2.43. The van der Waals surface area contributed by atoms with E-state index in [1.165, 1.54) is 6.92 Å². The van der Waals surface area contributed by atoms with Gasteiger partial charge in [-0.25, -0.2) is 0 Å². The normalized spacial score (nSPS) is 14.1.